The van der Waals surface area contributed by atoms with Gasteiger partial charge < -0.3 is 16.0 Å². The van der Waals surface area contributed by atoms with Crippen LogP contribution in [0.1, 0.15) is 32.6 Å². The van der Waals surface area contributed by atoms with Crippen LogP contribution in [0.4, 0.5) is 5.69 Å². The lowest BCUT2D eigenvalue weighted by molar-refractivity contribution is -0.132. The van der Waals surface area contributed by atoms with Crippen molar-refractivity contribution in [1.29, 1.82) is 0 Å². The molecule has 3 N–H and O–H groups in total. The van der Waals surface area contributed by atoms with E-state index in [9.17, 15) is 9.59 Å². The van der Waals surface area contributed by atoms with E-state index in [0.717, 1.165) is 19.3 Å². The first kappa shape index (κ1) is 22.0. The summed E-state index contributed by atoms with van der Waals surface area (Å²) >= 11 is 11.9. The lowest BCUT2D eigenvalue weighted by atomic mass is 10.1. The summed E-state index contributed by atoms with van der Waals surface area (Å²) in [5.74, 6) is -1.12. The molecule has 2 rings (SSSR count). The third-order valence-electron chi connectivity index (χ3n) is 4.27. The highest BCUT2D eigenvalue weighted by atomic mass is 35.5. The minimum absolute atomic E-state index is 0. The number of hydrogen-bond acceptors (Lipinski definition) is 3. The maximum Gasteiger partial charge on any atom is 0.239 e. The molecular formula is C17H24Cl3N3O2. The van der Waals surface area contributed by atoms with Crippen molar-refractivity contribution in [3.63, 3.8) is 0 Å². The van der Waals surface area contributed by atoms with Crippen molar-refractivity contribution in [2.24, 2.45) is 11.7 Å². The Morgan fingerprint density at radius 3 is 2.72 bits per heavy atom. The molecule has 0 radical (unpaired) electrons. The Labute approximate surface area is 164 Å². The van der Waals surface area contributed by atoms with E-state index in [1.165, 1.54) is 0 Å². The molecule has 0 saturated carbocycles. The largest absolute Gasteiger partial charge is 0.351 e. The van der Waals surface area contributed by atoms with Crippen molar-refractivity contribution in [1.82, 2.24) is 5.32 Å². The number of nitrogens with one attached hydrogen (secondary N) is 1. The molecule has 1 aromatic carbocycles. The van der Waals surface area contributed by atoms with Crippen molar-refractivity contribution < 1.29 is 9.59 Å². The van der Waals surface area contributed by atoms with Crippen LogP contribution in [0, 0.1) is 5.92 Å². The van der Waals surface area contributed by atoms with Crippen molar-refractivity contribution in [2.45, 2.75) is 38.6 Å². The summed E-state index contributed by atoms with van der Waals surface area (Å²) in [7, 11) is 0. The smallest absolute Gasteiger partial charge is 0.239 e. The number of carbonyl (C=O) groups is 2. The maximum absolute atomic E-state index is 12.6. The van der Waals surface area contributed by atoms with E-state index in [1.54, 1.807) is 23.1 Å². The van der Waals surface area contributed by atoms with E-state index >= 15 is 0 Å². The molecule has 140 valence electrons. The highest BCUT2D eigenvalue weighted by Crippen LogP contribution is 2.31. The standard InChI is InChI=1S/C17H23Cl2N3O2.ClH/c1-2-3-4-11(10-20)21-16(23)13-7-8-22(17(13)24)12-5-6-14(18)15(19)9-12;/h5-6,9,11,13H,2-4,7-8,10,20H2,1H3,(H,21,23);1H. The van der Waals surface area contributed by atoms with Gasteiger partial charge in [0, 0.05) is 24.8 Å². The van der Waals surface area contributed by atoms with Crippen molar-refractivity contribution >= 4 is 53.1 Å². The van der Waals surface area contributed by atoms with Crippen molar-refractivity contribution in [2.75, 3.05) is 18.0 Å². The number of halogens is 3. The van der Waals surface area contributed by atoms with Gasteiger partial charge in [0.25, 0.3) is 0 Å². The first-order valence-electron chi connectivity index (χ1n) is 8.24. The number of unbranched alkanes of at least 4 members (excludes halogenated alkanes) is 1. The number of anilines is 1. The van der Waals surface area contributed by atoms with Crippen LogP contribution in [0.5, 0.6) is 0 Å². The van der Waals surface area contributed by atoms with Gasteiger partial charge >= 0.3 is 0 Å². The Bertz CT molecular complexity index is 613. The highest BCUT2D eigenvalue weighted by Gasteiger charge is 2.38. The zero-order valence-electron chi connectivity index (χ0n) is 14.1. The van der Waals surface area contributed by atoms with Gasteiger partial charge in [-0.05, 0) is 31.0 Å². The van der Waals surface area contributed by atoms with Crippen LogP contribution in [-0.2, 0) is 9.59 Å². The van der Waals surface area contributed by atoms with Crippen molar-refractivity contribution in [3.05, 3.63) is 28.2 Å². The van der Waals surface area contributed by atoms with E-state index < -0.39 is 5.92 Å². The minimum atomic E-state index is -0.671. The van der Waals surface area contributed by atoms with E-state index in [0.29, 0.717) is 35.2 Å². The van der Waals surface area contributed by atoms with Gasteiger partial charge in [0.05, 0.1) is 10.0 Å². The van der Waals surface area contributed by atoms with Crippen LogP contribution in [0.15, 0.2) is 18.2 Å². The molecule has 1 saturated heterocycles. The minimum Gasteiger partial charge on any atom is -0.351 e. The van der Waals surface area contributed by atoms with Gasteiger partial charge in [-0.15, -0.1) is 12.4 Å². The van der Waals surface area contributed by atoms with Crippen LogP contribution in [0.2, 0.25) is 10.0 Å². The molecule has 0 bridgehead atoms. The molecule has 1 aliphatic rings. The van der Waals surface area contributed by atoms with E-state index in [2.05, 4.69) is 12.2 Å². The Balaban J connectivity index is 0.00000312. The summed E-state index contributed by atoms with van der Waals surface area (Å²) in [4.78, 5) is 26.6. The Kier molecular flexibility index (Phi) is 9.00. The van der Waals surface area contributed by atoms with Gasteiger partial charge in [0.15, 0.2) is 0 Å². The molecule has 1 aromatic rings. The van der Waals surface area contributed by atoms with Gasteiger partial charge in [-0.2, -0.15) is 0 Å². The van der Waals surface area contributed by atoms with Crippen LogP contribution in [0.25, 0.3) is 0 Å². The lowest BCUT2D eigenvalue weighted by Gasteiger charge is -2.20. The lowest BCUT2D eigenvalue weighted by Crippen LogP contribution is -2.45. The number of hydrogen-bond donors (Lipinski definition) is 2. The predicted molar refractivity (Wildman–Crippen MR) is 105 cm³/mol. The van der Waals surface area contributed by atoms with E-state index in [1.807, 2.05) is 0 Å². The Hall–Kier alpha value is -1.01. The number of benzene rings is 1. The van der Waals surface area contributed by atoms with E-state index in [-0.39, 0.29) is 30.3 Å². The molecule has 2 unspecified atom stereocenters. The quantitative estimate of drug-likeness (QED) is 0.679. The SMILES string of the molecule is CCCCC(CN)NC(=O)C1CCN(c2ccc(Cl)c(Cl)c2)C1=O.Cl. The normalized spacial score (nSPS) is 18.0. The molecule has 2 amide bonds. The molecule has 1 aliphatic heterocycles. The zero-order chi connectivity index (χ0) is 17.7. The average Bonchev–Trinajstić information content (AvgIpc) is 2.95. The second kappa shape index (κ2) is 10.2. The number of carbonyl (C=O) groups excluding carboxylic acids is 2. The van der Waals surface area contributed by atoms with Gasteiger partial charge in [-0.25, -0.2) is 0 Å². The highest BCUT2D eigenvalue weighted by molar-refractivity contribution is 6.42. The second-order valence-electron chi connectivity index (χ2n) is 6.01. The van der Waals surface area contributed by atoms with E-state index in [4.69, 9.17) is 28.9 Å². The van der Waals surface area contributed by atoms with Gasteiger partial charge in [-0.3, -0.25) is 9.59 Å². The first-order chi connectivity index (χ1) is 11.5. The molecule has 0 aromatic heterocycles. The molecule has 8 heteroatoms. The molecule has 0 aliphatic carbocycles. The van der Waals surface area contributed by atoms with Crippen molar-refractivity contribution in [3.8, 4) is 0 Å². The Morgan fingerprint density at radius 1 is 1.40 bits per heavy atom. The van der Waals surface area contributed by atoms with Crippen LogP contribution < -0.4 is 16.0 Å². The zero-order valence-corrected chi connectivity index (χ0v) is 16.5. The number of rotatable bonds is 7. The number of nitrogens with two attached hydrogens (primary N) is 1. The second-order valence-corrected chi connectivity index (χ2v) is 6.83. The fraction of sp³-hybridized carbons (Fsp3) is 0.529. The topological polar surface area (TPSA) is 75.4 Å². The number of nitrogens with zero attached hydrogens (tertiary/aromatic N) is 1. The molecule has 25 heavy (non-hydrogen) atoms. The summed E-state index contributed by atoms with van der Waals surface area (Å²) < 4.78 is 0. The van der Waals surface area contributed by atoms with Crippen LogP contribution in [-0.4, -0.2) is 30.9 Å². The van der Waals surface area contributed by atoms with Crippen LogP contribution >= 0.6 is 35.6 Å². The predicted octanol–water partition coefficient (Wildman–Crippen LogP) is 3.40. The molecule has 2 atom stereocenters. The Morgan fingerprint density at radius 2 is 2.12 bits per heavy atom. The molecule has 0 spiro atoms. The molecule has 1 heterocycles. The van der Waals surface area contributed by atoms with Gasteiger partial charge in [0.1, 0.15) is 5.92 Å². The molecule has 5 nitrogen and oxygen atoms in total. The third-order valence-corrected chi connectivity index (χ3v) is 5.01. The summed E-state index contributed by atoms with van der Waals surface area (Å²) in [6.07, 6.45) is 3.35. The first-order valence-corrected chi connectivity index (χ1v) is 9.00. The molecule has 1 fully saturated rings. The summed E-state index contributed by atoms with van der Waals surface area (Å²) in [6, 6.07) is 4.95. The fourth-order valence-electron chi connectivity index (χ4n) is 2.83. The van der Waals surface area contributed by atoms with Gasteiger partial charge in [-0.1, -0.05) is 43.0 Å². The third kappa shape index (κ3) is 5.48. The summed E-state index contributed by atoms with van der Waals surface area (Å²) in [5, 5.41) is 3.73. The summed E-state index contributed by atoms with van der Waals surface area (Å²) in [5.41, 5.74) is 6.37. The fourth-order valence-corrected chi connectivity index (χ4v) is 3.13. The molecular weight excluding hydrogens is 385 g/mol. The number of amides is 2. The van der Waals surface area contributed by atoms with Gasteiger partial charge in [0.2, 0.25) is 11.8 Å². The van der Waals surface area contributed by atoms with Crippen LogP contribution in [0.3, 0.4) is 0 Å². The monoisotopic (exact) mass is 407 g/mol. The average molecular weight is 409 g/mol. The summed E-state index contributed by atoms with van der Waals surface area (Å²) in [6.45, 7) is 2.95. The maximum atomic E-state index is 12.6.